The number of benzene rings is 2. The number of aryl methyl sites for hydroxylation is 1. The largest absolute Gasteiger partial charge is 0.492 e. The van der Waals surface area contributed by atoms with Gasteiger partial charge in [-0.15, -0.1) is 0 Å². The van der Waals surface area contributed by atoms with Gasteiger partial charge in [-0.1, -0.05) is 24.3 Å². The Hall–Kier alpha value is -3.09. The molecule has 0 aliphatic heterocycles. The van der Waals surface area contributed by atoms with Crippen LogP contribution in [0, 0.1) is 17.0 Å². The molecular formula is C17H19N3O4. The van der Waals surface area contributed by atoms with Crippen molar-refractivity contribution in [3.8, 4) is 5.75 Å². The van der Waals surface area contributed by atoms with Gasteiger partial charge in [0.05, 0.1) is 11.5 Å². The number of hydrogen-bond donors (Lipinski definition) is 1. The van der Waals surface area contributed by atoms with E-state index in [9.17, 15) is 14.9 Å². The quantitative estimate of drug-likeness (QED) is 0.650. The Morgan fingerprint density at radius 3 is 2.62 bits per heavy atom. The van der Waals surface area contributed by atoms with Crippen LogP contribution < -0.4 is 10.1 Å². The molecule has 7 nitrogen and oxygen atoms in total. The standard InChI is InChI=1S/C17H19N3O4/c1-13-8-9-14(12-16(13)20(22)23)18-17(21)19(2)10-11-24-15-6-4-3-5-7-15/h3-9,12H,10-11H2,1-2H3,(H,18,21). The molecule has 0 aliphatic rings. The fourth-order valence-corrected chi connectivity index (χ4v) is 2.02. The number of urea groups is 1. The molecule has 0 saturated carbocycles. The predicted molar refractivity (Wildman–Crippen MR) is 91.4 cm³/mol. The van der Waals surface area contributed by atoms with Gasteiger partial charge in [-0.3, -0.25) is 10.1 Å². The molecule has 0 bridgehead atoms. The van der Waals surface area contributed by atoms with E-state index in [1.165, 1.54) is 11.0 Å². The number of rotatable bonds is 6. The van der Waals surface area contributed by atoms with Gasteiger partial charge < -0.3 is 15.0 Å². The molecule has 0 heterocycles. The first-order chi connectivity index (χ1) is 11.5. The zero-order valence-electron chi connectivity index (χ0n) is 13.6. The highest BCUT2D eigenvalue weighted by atomic mass is 16.6. The Bertz CT molecular complexity index is 719. The van der Waals surface area contributed by atoms with Crippen LogP contribution in [0.15, 0.2) is 48.5 Å². The summed E-state index contributed by atoms with van der Waals surface area (Å²) in [4.78, 5) is 24.0. The average Bonchev–Trinajstić information content (AvgIpc) is 2.57. The second kappa shape index (κ2) is 7.96. The first kappa shape index (κ1) is 17.3. The second-order valence-corrected chi connectivity index (χ2v) is 5.27. The monoisotopic (exact) mass is 329 g/mol. The predicted octanol–water partition coefficient (Wildman–Crippen LogP) is 3.45. The minimum absolute atomic E-state index is 0.0251. The maximum absolute atomic E-state index is 12.1. The molecule has 2 rings (SSSR count). The molecule has 0 fully saturated rings. The van der Waals surface area contributed by atoms with Gasteiger partial charge in [0.15, 0.2) is 0 Å². The lowest BCUT2D eigenvalue weighted by Crippen LogP contribution is -2.34. The molecular weight excluding hydrogens is 310 g/mol. The van der Waals surface area contributed by atoms with Crippen molar-refractivity contribution < 1.29 is 14.5 Å². The van der Waals surface area contributed by atoms with Gasteiger partial charge in [-0.05, 0) is 25.1 Å². The van der Waals surface area contributed by atoms with Gasteiger partial charge in [-0.2, -0.15) is 0 Å². The topological polar surface area (TPSA) is 84.7 Å². The lowest BCUT2D eigenvalue weighted by Gasteiger charge is -2.18. The molecule has 126 valence electrons. The number of anilines is 1. The first-order valence-electron chi connectivity index (χ1n) is 7.42. The highest BCUT2D eigenvalue weighted by Gasteiger charge is 2.14. The van der Waals surface area contributed by atoms with Gasteiger partial charge >= 0.3 is 6.03 Å². The number of nitrogens with zero attached hydrogens (tertiary/aromatic N) is 2. The summed E-state index contributed by atoms with van der Waals surface area (Å²) >= 11 is 0. The number of ether oxygens (including phenoxy) is 1. The molecule has 0 saturated heterocycles. The maximum atomic E-state index is 12.1. The van der Waals surface area contributed by atoms with Gasteiger partial charge in [0.25, 0.3) is 5.69 Å². The number of amides is 2. The highest BCUT2D eigenvalue weighted by Crippen LogP contribution is 2.22. The van der Waals surface area contributed by atoms with E-state index in [1.54, 1.807) is 26.1 Å². The summed E-state index contributed by atoms with van der Waals surface area (Å²) in [6.07, 6.45) is 0. The molecule has 0 aromatic heterocycles. The van der Waals surface area contributed by atoms with E-state index in [4.69, 9.17) is 4.74 Å². The third-order valence-electron chi connectivity index (χ3n) is 3.44. The van der Waals surface area contributed by atoms with Gasteiger partial charge in [0, 0.05) is 24.4 Å². The number of likely N-dealkylation sites (N-methyl/N-ethyl adjacent to an activating group) is 1. The number of nitro groups is 1. The summed E-state index contributed by atoms with van der Waals surface area (Å²) in [5, 5.41) is 13.6. The van der Waals surface area contributed by atoms with E-state index in [1.807, 2.05) is 30.3 Å². The Balaban J connectivity index is 1.87. The van der Waals surface area contributed by atoms with Crippen LogP contribution in [-0.4, -0.2) is 36.1 Å². The Labute approximate surface area is 140 Å². The second-order valence-electron chi connectivity index (χ2n) is 5.27. The minimum Gasteiger partial charge on any atom is -0.492 e. The van der Waals surface area contributed by atoms with Crippen molar-refractivity contribution in [3.63, 3.8) is 0 Å². The van der Waals surface area contributed by atoms with Crippen molar-refractivity contribution >= 4 is 17.4 Å². The SMILES string of the molecule is Cc1ccc(NC(=O)N(C)CCOc2ccccc2)cc1[N+](=O)[O-]. The molecule has 24 heavy (non-hydrogen) atoms. The Morgan fingerprint density at radius 2 is 1.96 bits per heavy atom. The van der Waals surface area contributed by atoms with Crippen molar-refractivity contribution in [2.45, 2.75) is 6.92 Å². The van der Waals surface area contributed by atoms with E-state index in [0.29, 0.717) is 24.4 Å². The summed E-state index contributed by atoms with van der Waals surface area (Å²) in [5.74, 6) is 0.737. The lowest BCUT2D eigenvalue weighted by molar-refractivity contribution is -0.385. The summed E-state index contributed by atoms with van der Waals surface area (Å²) in [5.41, 5.74) is 0.901. The fourth-order valence-electron chi connectivity index (χ4n) is 2.02. The van der Waals surface area contributed by atoms with E-state index in [-0.39, 0.29) is 11.7 Å². The van der Waals surface area contributed by atoms with E-state index < -0.39 is 4.92 Å². The maximum Gasteiger partial charge on any atom is 0.321 e. The van der Waals surface area contributed by atoms with E-state index >= 15 is 0 Å². The summed E-state index contributed by atoms with van der Waals surface area (Å²) in [7, 11) is 1.63. The number of carbonyl (C=O) groups excluding carboxylic acids is 1. The Morgan fingerprint density at radius 1 is 1.25 bits per heavy atom. The minimum atomic E-state index is -0.470. The number of carbonyl (C=O) groups is 1. The molecule has 2 aromatic rings. The van der Waals surface area contributed by atoms with Crippen molar-refractivity contribution in [2.75, 3.05) is 25.5 Å². The van der Waals surface area contributed by atoms with Crippen LogP contribution >= 0.6 is 0 Å². The van der Waals surface area contributed by atoms with Crippen molar-refractivity contribution in [3.05, 3.63) is 64.2 Å². The molecule has 2 amide bonds. The zero-order valence-corrected chi connectivity index (χ0v) is 13.6. The van der Waals surface area contributed by atoms with E-state index in [2.05, 4.69) is 5.32 Å². The molecule has 7 heteroatoms. The molecule has 0 atom stereocenters. The Kier molecular flexibility index (Phi) is 5.73. The highest BCUT2D eigenvalue weighted by molar-refractivity contribution is 5.89. The molecule has 0 spiro atoms. The lowest BCUT2D eigenvalue weighted by atomic mass is 10.2. The molecule has 0 unspecified atom stereocenters. The molecule has 0 radical (unpaired) electrons. The average molecular weight is 329 g/mol. The molecule has 2 aromatic carbocycles. The third kappa shape index (κ3) is 4.70. The summed E-state index contributed by atoms with van der Waals surface area (Å²) < 4.78 is 5.53. The molecule has 1 N–H and O–H groups in total. The van der Waals surface area contributed by atoms with Crippen molar-refractivity contribution in [1.82, 2.24) is 4.90 Å². The van der Waals surface area contributed by atoms with Crippen LogP contribution in [0.5, 0.6) is 5.75 Å². The summed E-state index contributed by atoms with van der Waals surface area (Å²) in [6, 6.07) is 13.5. The smallest absolute Gasteiger partial charge is 0.321 e. The van der Waals surface area contributed by atoms with Crippen LogP contribution in [0.2, 0.25) is 0 Å². The van der Waals surface area contributed by atoms with Gasteiger partial charge in [-0.25, -0.2) is 4.79 Å². The third-order valence-corrected chi connectivity index (χ3v) is 3.44. The van der Waals surface area contributed by atoms with Crippen LogP contribution in [0.25, 0.3) is 0 Å². The van der Waals surface area contributed by atoms with Crippen LogP contribution in [0.4, 0.5) is 16.2 Å². The van der Waals surface area contributed by atoms with Crippen LogP contribution in [0.3, 0.4) is 0 Å². The summed E-state index contributed by atoms with van der Waals surface area (Å²) in [6.45, 7) is 2.38. The van der Waals surface area contributed by atoms with Gasteiger partial charge in [0.1, 0.15) is 12.4 Å². The number of nitro benzene ring substituents is 1. The van der Waals surface area contributed by atoms with Crippen molar-refractivity contribution in [2.24, 2.45) is 0 Å². The number of para-hydroxylation sites is 1. The zero-order chi connectivity index (χ0) is 17.5. The van der Waals surface area contributed by atoms with E-state index in [0.717, 1.165) is 5.75 Å². The first-order valence-corrected chi connectivity index (χ1v) is 7.42. The number of nitrogens with one attached hydrogen (secondary N) is 1. The fraction of sp³-hybridized carbons (Fsp3) is 0.235. The van der Waals surface area contributed by atoms with Crippen LogP contribution in [0.1, 0.15) is 5.56 Å². The molecule has 0 aliphatic carbocycles. The van der Waals surface area contributed by atoms with Crippen molar-refractivity contribution in [1.29, 1.82) is 0 Å². The van der Waals surface area contributed by atoms with Gasteiger partial charge in [0.2, 0.25) is 0 Å². The van der Waals surface area contributed by atoms with Crippen LogP contribution in [-0.2, 0) is 0 Å². The number of hydrogen-bond acceptors (Lipinski definition) is 4. The normalized spacial score (nSPS) is 10.1.